The van der Waals surface area contributed by atoms with Gasteiger partial charge in [-0.2, -0.15) is 0 Å². The number of nitrogens with zero attached hydrogens (tertiary/aromatic N) is 3. The van der Waals surface area contributed by atoms with Gasteiger partial charge in [-0.25, -0.2) is 14.6 Å². The molecule has 5 nitrogen and oxygen atoms in total. The van der Waals surface area contributed by atoms with Crippen molar-refractivity contribution in [3.8, 4) is 0 Å². The Hall–Kier alpha value is -3.12. The highest BCUT2D eigenvalue weighted by atomic mass is 32.2. The highest BCUT2D eigenvalue weighted by molar-refractivity contribution is 7.99. The van der Waals surface area contributed by atoms with E-state index in [0.717, 1.165) is 15.9 Å². The van der Waals surface area contributed by atoms with Crippen molar-refractivity contribution in [2.24, 2.45) is 0 Å². The van der Waals surface area contributed by atoms with E-state index in [1.165, 1.54) is 11.8 Å². The third-order valence-corrected chi connectivity index (χ3v) is 4.68. The first-order chi connectivity index (χ1) is 12.3. The normalized spacial score (nSPS) is 10.7. The van der Waals surface area contributed by atoms with E-state index in [9.17, 15) is 4.79 Å². The van der Waals surface area contributed by atoms with Gasteiger partial charge in [0.15, 0.2) is 0 Å². The largest absolute Gasteiger partial charge is 0.272 e. The van der Waals surface area contributed by atoms with Crippen LogP contribution in [-0.2, 0) is 0 Å². The Morgan fingerprint density at radius 2 is 1.72 bits per heavy atom. The number of hydrogen-bond acceptors (Lipinski definition) is 4. The number of benzene rings is 2. The lowest BCUT2D eigenvalue weighted by Gasteiger charge is -2.10. The maximum Gasteiger partial charge on any atom is 0.272 e. The first kappa shape index (κ1) is 15.4. The minimum Gasteiger partial charge on any atom is -0.267 e. The fraction of sp³-hybridized carbons (Fsp3) is 0. The molecule has 6 heteroatoms. The van der Waals surface area contributed by atoms with Gasteiger partial charge < -0.3 is 0 Å². The summed E-state index contributed by atoms with van der Waals surface area (Å²) in [6.07, 6.45) is 3.29. The first-order valence-electron chi connectivity index (χ1n) is 7.72. The van der Waals surface area contributed by atoms with E-state index in [2.05, 4.69) is 15.4 Å². The molecule has 0 saturated heterocycles. The minimum absolute atomic E-state index is 0.227. The van der Waals surface area contributed by atoms with Crippen molar-refractivity contribution in [1.82, 2.24) is 14.6 Å². The molecule has 1 N–H and O–H groups in total. The minimum atomic E-state index is -0.227. The van der Waals surface area contributed by atoms with Gasteiger partial charge in [0.05, 0.1) is 16.6 Å². The lowest BCUT2D eigenvalue weighted by molar-refractivity contribution is 0.100. The smallest absolute Gasteiger partial charge is 0.267 e. The Morgan fingerprint density at radius 1 is 0.920 bits per heavy atom. The van der Waals surface area contributed by atoms with Crippen LogP contribution in [-0.4, -0.2) is 20.6 Å². The summed E-state index contributed by atoms with van der Waals surface area (Å²) >= 11 is 1.46. The highest BCUT2D eigenvalue weighted by Gasteiger charge is 2.14. The van der Waals surface area contributed by atoms with Crippen molar-refractivity contribution < 1.29 is 4.79 Å². The molecular formula is C19H14N4OS. The summed E-state index contributed by atoms with van der Waals surface area (Å²) in [6, 6.07) is 21.0. The fourth-order valence-corrected chi connectivity index (χ4v) is 3.36. The number of carbonyl (C=O) groups excluding carboxylic acids is 1. The van der Waals surface area contributed by atoms with Gasteiger partial charge in [-0.1, -0.05) is 42.1 Å². The van der Waals surface area contributed by atoms with Crippen LogP contribution < -0.4 is 5.43 Å². The molecule has 0 fully saturated rings. The molecule has 1 amide bonds. The Kier molecular flexibility index (Phi) is 4.18. The average molecular weight is 346 g/mol. The topological polar surface area (TPSA) is 59.8 Å². The second-order valence-electron chi connectivity index (χ2n) is 5.32. The van der Waals surface area contributed by atoms with Gasteiger partial charge in [0, 0.05) is 11.1 Å². The van der Waals surface area contributed by atoms with Gasteiger partial charge in [-0.3, -0.25) is 10.2 Å². The monoisotopic (exact) mass is 346 g/mol. The molecule has 4 aromatic rings. The first-order valence-corrected chi connectivity index (χ1v) is 8.54. The van der Waals surface area contributed by atoms with E-state index in [1.807, 2.05) is 54.6 Å². The molecule has 2 aromatic carbocycles. The van der Waals surface area contributed by atoms with E-state index in [0.29, 0.717) is 10.6 Å². The van der Waals surface area contributed by atoms with E-state index in [4.69, 9.17) is 0 Å². The summed E-state index contributed by atoms with van der Waals surface area (Å²) < 4.78 is 1.63. The lowest BCUT2D eigenvalue weighted by Crippen LogP contribution is -2.22. The van der Waals surface area contributed by atoms with Crippen molar-refractivity contribution in [3.63, 3.8) is 0 Å². The number of nitrogens with one attached hydrogen (secondary N) is 1. The maximum absolute atomic E-state index is 12.8. The Labute approximate surface area is 148 Å². The molecule has 0 saturated carbocycles. The van der Waals surface area contributed by atoms with Crippen LogP contribution in [0.3, 0.4) is 0 Å². The number of pyridine rings is 1. The third-order valence-electron chi connectivity index (χ3n) is 3.65. The van der Waals surface area contributed by atoms with Gasteiger partial charge in [0.2, 0.25) is 0 Å². The van der Waals surface area contributed by atoms with Gasteiger partial charge in [0.1, 0.15) is 11.4 Å². The molecule has 0 aliphatic heterocycles. The SMILES string of the molecule is O=C(Nn1cnc2ccccc21)c1cccnc1Sc1ccccc1. The summed E-state index contributed by atoms with van der Waals surface area (Å²) in [5, 5.41) is 0.663. The molecular weight excluding hydrogens is 332 g/mol. The van der Waals surface area contributed by atoms with Crippen molar-refractivity contribution in [2.45, 2.75) is 9.92 Å². The standard InChI is InChI=1S/C19H14N4OS/c24-18(22-23-13-21-16-10-4-5-11-17(16)23)15-9-6-12-20-19(15)25-14-7-2-1-3-8-14/h1-13H,(H,22,24). The molecule has 0 aliphatic carbocycles. The number of hydrogen-bond donors (Lipinski definition) is 1. The zero-order valence-corrected chi connectivity index (χ0v) is 14.0. The molecule has 0 radical (unpaired) electrons. The number of aromatic nitrogens is 3. The molecule has 25 heavy (non-hydrogen) atoms. The Morgan fingerprint density at radius 3 is 2.60 bits per heavy atom. The number of para-hydroxylation sites is 2. The number of rotatable bonds is 4. The van der Waals surface area contributed by atoms with Crippen LogP contribution in [0.25, 0.3) is 11.0 Å². The van der Waals surface area contributed by atoms with E-state index >= 15 is 0 Å². The maximum atomic E-state index is 12.8. The van der Waals surface area contributed by atoms with Crippen molar-refractivity contribution in [1.29, 1.82) is 0 Å². The summed E-state index contributed by atoms with van der Waals surface area (Å²) in [4.78, 5) is 22.4. The van der Waals surface area contributed by atoms with Gasteiger partial charge in [-0.15, -0.1) is 0 Å². The van der Waals surface area contributed by atoms with Crippen LogP contribution in [0.15, 0.2) is 89.2 Å². The number of amides is 1. The Bertz CT molecular complexity index is 1030. The van der Waals surface area contributed by atoms with Crippen LogP contribution >= 0.6 is 11.8 Å². The second-order valence-corrected chi connectivity index (χ2v) is 6.38. The molecule has 122 valence electrons. The Balaban J connectivity index is 1.62. The summed E-state index contributed by atoms with van der Waals surface area (Å²) in [5.74, 6) is -0.227. The molecule has 0 bridgehead atoms. The molecule has 4 rings (SSSR count). The molecule has 0 unspecified atom stereocenters. The molecule has 0 atom stereocenters. The molecule has 2 aromatic heterocycles. The summed E-state index contributed by atoms with van der Waals surface area (Å²) in [6.45, 7) is 0. The van der Waals surface area contributed by atoms with Gasteiger partial charge in [-0.05, 0) is 36.4 Å². The number of fused-ring (bicyclic) bond motifs is 1. The zero-order valence-electron chi connectivity index (χ0n) is 13.2. The van der Waals surface area contributed by atoms with Gasteiger partial charge >= 0.3 is 0 Å². The van der Waals surface area contributed by atoms with E-state index in [1.54, 1.807) is 29.3 Å². The second kappa shape index (κ2) is 6.78. The predicted octanol–water partition coefficient (Wildman–Crippen LogP) is 3.97. The van der Waals surface area contributed by atoms with Crippen LogP contribution in [0.2, 0.25) is 0 Å². The lowest BCUT2D eigenvalue weighted by atomic mass is 10.3. The molecule has 0 spiro atoms. The van der Waals surface area contributed by atoms with Gasteiger partial charge in [0.25, 0.3) is 5.91 Å². The van der Waals surface area contributed by atoms with E-state index in [-0.39, 0.29) is 5.91 Å². The van der Waals surface area contributed by atoms with Crippen molar-refractivity contribution in [2.75, 3.05) is 5.43 Å². The van der Waals surface area contributed by atoms with Crippen LogP contribution in [0.1, 0.15) is 10.4 Å². The fourth-order valence-electron chi connectivity index (χ4n) is 2.46. The summed E-state index contributed by atoms with van der Waals surface area (Å²) in [5.41, 5.74) is 5.06. The zero-order chi connectivity index (χ0) is 17.1. The summed E-state index contributed by atoms with van der Waals surface area (Å²) in [7, 11) is 0. The van der Waals surface area contributed by atoms with Crippen molar-refractivity contribution >= 4 is 28.7 Å². The van der Waals surface area contributed by atoms with Crippen LogP contribution in [0, 0.1) is 0 Å². The van der Waals surface area contributed by atoms with Crippen molar-refractivity contribution in [3.05, 3.63) is 84.8 Å². The molecule has 0 aliphatic rings. The highest BCUT2D eigenvalue weighted by Crippen LogP contribution is 2.28. The third kappa shape index (κ3) is 3.25. The molecule has 2 heterocycles. The number of carbonyl (C=O) groups is 1. The quantitative estimate of drug-likeness (QED) is 0.607. The van der Waals surface area contributed by atoms with E-state index < -0.39 is 0 Å². The predicted molar refractivity (Wildman–Crippen MR) is 98.2 cm³/mol. The average Bonchev–Trinajstić information content (AvgIpc) is 3.06. The van der Waals surface area contributed by atoms with Crippen LogP contribution in [0.5, 0.6) is 0 Å². The number of imidazole rings is 1. The van der Waals surface area contributed by atoms with Crippen LogP contribution in [0.4, 0.5) is 0 Å².